The van der Waals surface area contributed by atoms with Gasteiger partial charge in [0.15, 0.2) is 0 Å². The largest absolute Gasteiger partial charge is 0.340 e. The van der Waals surface area contributed by atoms with Crippen LogP contribution in [0.5, 0.6) is 0 Å². The number of hydrogen-bond donors (Lipinski definition) is 1. The van der Waals surface area contributed by atoms with Crippen molar-refractivity contribution in [2.45, 2.75) is 26.4 Å². The Hall–Kier alpha value is -0.870. The third kappa shape index (κ3) is 5.33. The molecule has 1 aromatic rings. The van der Waals surface area contributed by atoms with Crippen molar-refractivity contribution in [1.29, 1.82) is 0 Å². The van der Waals surface area contributed by atoms with Gasteiger partial charge in [0, 0.05) is 24.1 Å². The molecule has 1 rings (SSSR count). The molecule has 0 unspecified atom stereocenters. The molecule has 0 aliphatic carbocycles. The number of halogens is 1. The molecule has 0 heterocycles. The van der Waals surface area contributed by atoms with Crippen LogP contribution in [-0.4, -0.2) is 30.4 Å². The second-order valence-electron chi connectivity index (χ2n) is 4.41. The van der Waals surface area contributed by atoms with Crippen molar-refractivity contribution in [3.8, 4) is 0 Å². The van der Waals surface area contributed by atoms with Crippen LogP contribution < -0.4 is 5.32 Å². The lowest BCUT2D eigenvalue weighted by Gasteiger charge is -2.18. The van der Waals surface area contributed by atoms with E-state index < -0.39 is 0 Å². The molecule has 1 amide bonds. The van der Waals surface area contributed by atoms with E-state index in [0.717, 1.165) is 10.0 Å². The van der Waals surface area contributed by atoms with Gasteiger partial charge in [-0.15, -0.1) is 0 Å². The van der Waals surface area contributed by atoms with Crippen molar-refractivity contribution in [2.24, 2.45) is 0 Å². The number of carbonyl (C=O) groups excluding carboxylic acids is 1. The number of rotatable bonds is 5. The predicted molar refractivity (Wildman–Crippen MR) is 73.8 cm³/mol. The summed E-state index contributed by atoms with van der Waals surface area (Å²) < 4.78 is 1.05. The summed E-state index contributed by atoms with van der Waals surface area (Å²) >= 11 is 3.39. The second-order valence-corrected chi connectivity index (χ2v) is 5.33. The van der Waals surface area contributed by atoms with Gasteiger partial charge < -0.3 is 10.2 Å². The minimum Gasteiger partial charge on any atom is -0.340 e. The van der Waals surface area contributed by atoms with Gasteiger partial charge in [-0.1, -0.05) is 41.9 Å². The van der Waals surface area contributed by atoms with E-state index in [0.29, 0.717) is 19.1 Å². The highest BCUT2D eigenvalue weighted by Gasteiger charge is 2.09. The lowest BCUT2D eigenvalue weighted by Crippen LogP contribution is -2.37. The molecule has 3 nitrogen and oxygen atoms in total. The van der Waals surface area contributed by atoms with Crippen LogP contribution in [0.25, 0.3) is 0 Å². The number of hydrogen-bond acceptors (Lipinski definition) is 2. The molecular formula is C13H19BrN2O. The Balaban J connectivity index is 2.45. The van der Waals surface area contributed by atoms with Crippen LogP contribution in [0.15, 0.2) is 28.7 Å². The minimum atomic E-state index is 0.113. The quantitative estimate of drug-likeness (QED) is 0.905. The van der Waals surface area contributed by atoms with Gasteiger partial charge in [-0.05, 0) is 17.7 Å². The van der Waals surface area contributed by atoms with Crippen LogP contribution in [-0.2, 0) is 11.3 Å². The maximum atomic E-state index is 11.8. The number of carbonyl (C=O) groups is 1. The zero-order chi connectivity index (χ0) is 12.8. The van der Waals surface area contributed by atoms with E-state index in [4.69, 9.17) is 0 Å². The second kappa shape index (κ2) is 6.77. The Morgan fingerprint density at radius 3 is 2.47 bits per heavy atom. The Morgan fingerprint density at radius 1 is 1.35 bits per heavy atom. The molecule has 0 radical (unpaired) electrons. The molecule has 0 atom stereocenters. The van der Waals surface area contributed by atoms with Crippen LogP contribution in [0.4, 0.5) is 0 Å². The van der Waals surface area contributed by atoms with Crippen molar-refractivity contribution in [3.05, 3.63) is 34.3 Å². The first-order chi connectivity index (χ1) is 7.99. The number of nitrogens with one attached hydrogen (secondary N) is 1. The fourth-order valence-electron chi connectivity index (χ4n) is 1.38. The van der Waals surface area contributed by atoms with Gasteiger partial charge in [0.1, 0.15) is 0 Å². The lowest BCUT2D eigenvalue weighted by atomic mass is 10.2. The normalized spacial score (nSPS) is 10.6. The Morgan fingerprint density at radius 2 is 1.94 bits per heavy atom. The first-order valence-electron chi connectivity index (χ1n) is 5.71. The number of amides is 1. The fraction of sp³-hybridized carbons (Fsp3) is 0.462. The van der Waals surface area contributed by atoms with Crippen molar-refractivity contribution >= 4 is 21.8 Å². The van der Waals surface area contributed by atoms with Crippen molar-refractivity contribution < 1.29 is 4.79 Å². The number of benzene rings is 1. The minimum absolute atomic E-state index is 0.113. The third-order valence-corrected chi connectivity index (χ3v) is 2.95. The Labute approximate surface area is 111 Å². The average Bonchev–Trinajstić information content (AvgIpc) is 2.28. The summed E-state index contributed by atoms with van der Waals surface area (Å²) in [4.78, 5) is 13.5. The van der Waals surface area contributed by atoms with Crippen molar-refractivity contribution in [3.63, 3.8) is 0 Å². The summed E-state index contributed by atoms with van der Waals surface area (Å²) in [6, 6.07) is 8.34. The first kappa shape index (κ1) is 14.2. The maximum Gasteiger partial charge on any atom is 0.236 e. The molecule has 0 saturated carbocycles. The average molecular weight is 299 g/mol. The third-order valence-electron chi connectivity index (χ3n) is 2.42. The zero-order valence-corrected chi connectivity index (χ0v) is 12.1. The van der Waals surface area contributed by atoms with E-state index in [9.17, 15) is 4.79 Å². The molecule has 1 N–H and O–H groups in total. The van der Waals surface area contributed by atoms with E-state index >= 15 is 0 Å². The summed E-state index contributed by atoms with van der Waals surface area (Å²) in [5, 5.41) is 3.12. The van der Waals surface area contributed by atoms with E-state index in [1.807, 2.05) is 45.2 Å². The van der Waals surface area contributed by atoms with Gasteiger partial charge in [0.2, 0.25) is 5.91 Å². The predicted octanol–water partition coefficient (Wildman–Crippen LogP) is 2.41. The van der Waals surface area contributed by atoms with Crippen LogP contribution in [0.1, 0.15) is 19.4 Å². The molecule has 94 valence electrons. The molecule has 0 aliphatic rings. The molecule has 17 heavy (non-hydrogen) atoms. The first-order valence-corrected chi connectivity index (χ1v) is 6.50. The van der Waals surface area contributed by atoms with Gasteiger partial charge in [-0.2, -0.15) is 0 Å². The number of nitrogens with zero attached hydrogens (tertiary/aromatic N) is 1. The monoisotopic (exact) mass is 298 g/mol. The smallest absolute Gasteiger partial charge is 0.236 e. The van der Waals surface area contributed by atoms with E-state index in [-0.39, 0.29) is 5.91 Å². The molecule has 0 fully saturated rings. The lowest BCUT2D eigenvalue weighted by molar-refractivity contribution is -0.129. The van der Waals surface area contributed by atoms with E-state index in [1.54, 1.807) is 4.90 Å². The number of likely N-dealkylation sites (N-methyl/N-ethyl adjacent to an activating group) is 1. The van der Waals surface area contributed by atoms with Gasteiger partial charge >= 0.3 is 0 Å². The van der Waals surface area contributed by atoms with Gasteiger partial charge in [0.05, 0.1) is 6.54 Å². The molecular weight excluding hydrogens is 280 g/mol. The van der Waals surface area contributed by atoms with Crippen LogP contribution in [0.2, 0.25) is 0 Å². The molecule has 4 heteroatoms. The van der Waals surface area contributed by atoms with Crippen LogP contribution in [0, 0.1) is 0 Å². The molecule has 0 bridgehead atoms. The molecule has 0 aliphatic heterocycles. The highest BCUT2D eigenvalue weighted by Crippen LogP contribution is 2.11. The van der Waals surface area contributed by atoms with Crippen molar-refractivity contribution in [2.75, 3.05) is 13.6 Å². The van der Waals surface area contributed by atoms with Gasteiger partial charge in [-0.3, -0.25) is 4.79 Å². The highest BCUT2D eigenvalue weighted by molar-refractivity contribution is 9.10. The van der Waals surface area contributed by atoms with Crippen LogP contribution >= 0.6 is 15.9 Å². The highest BCUT2D eigenvalue weighted by atomic mass is 79.9. The standard InChI is InChI=1S/C13H19BrN2O/c1-10(2)15-8-13(17)16(3)9-11-4-6-12(14)7-5-11/h4-7,10,15H,8-9H2,1-3H3. The molecule has 0 saturated heterocycles. The zero-order valence-electron chi connectivity index (χ0n) is 10.5. The summed E-state index contributed by atoms with van der Waals surface area (Å²) in [6.07, 6.45) is 0. The summed E-state index contributed by atoms with van der Waals surface area (Å²) in [7, 11) is 1.83. The van der Waals surface area contributed by atoms with Crippen LogP contribution in [0.3, 0.4) is 0 Å². The molecule has 1 aromatic carbocycles. The van der Waals surface area contributed by atoms with E-state index in [1.165, 1.54) is 0 Å². The van der Waals surface area contributed by atoms with Gasteiger partial charge in [-0.25, -0.2) is 0 Å². The summed E-state index contributed by atoms with van der Waals surface area (Å²) in [5.74, 6) is 0.113. The van der Waals surface area contributed by atoms with Gasteiger partial charge in [0.25, 0.3) is 0 Å². The Kier molecular flexibility index (Phi) is 5.65. The summed E-state index contributed by atoms with van der Waals surface area (Å²) in [6.45, 7) is 5.10. The summed E-state index contributed by atoms with van der Waals surface area (Å²) in [5.41, 5.74) is 1.13. The molecule has 0 spiro atoms. The van der Waals surface area contributed by atoms with E-state index in [2.05, 4.69) is 21.2 Å². The topological polar surface area (TPSA) is 32.3 Å². The Bertz CT molecular complexity index is 362. The molecule has 0 aromatic heterocycles. The fourth-order valence-corrected chi connectivity index (χ4v) is 1.64. The SMILES string of the molecule is CC(C)NCC(=O)N(C)Cc1ccc(Br)cc1. The maximum absolute atomic E-state index is 11.8. The van der Waals surface area contributed by atoms with Crippen molar-refractivity contribution in [1.82, 2.24) is 10.2 Å².